The van der Waals surface area contributed by atoms with E-state index in [-0.39, 0.29) is 5.75 Å². The van der Waals surface area contributed by atoms with Gasteiger partial charge in [0.05, 0.1) is 11.4 Å². The number of nitrogens with zero attached hydrogens (tertiary/aromatic N) is 1. The highest BCUT2D eigenvalue weighted by Gasteiger charge is 2.34. The van der Waals surface area contributed by atoms with Crippen LogP contribution >= 0.6 is 0 Å². The zero-order valence-electron chi connectivity index (χ0n) is 20.7. The average Bonchev–Trinajstić information content (AvgIpc) is 2.97. The van der Waals surface area contributed by atoms with Crippen molar-refractivity contribution in [1.82, 2.24) is 4.98 Å². The molecule has 1 heterocycles. The van der Waals surface area contributed by atoms with E-state index in [1.165, 1.54) is 5.39 Å². The summed E-state index contributed by atoms with van der Waals surface area (Å²) in [4.78, 5) is 5.03. The molecular weight excluding hydrogens is 450 g/mol. The van der Waals surface area contributed by atoms with Gasteiger partial charge in [0.1, 0.15) is 5.75 Å². The first-order valence-electron chi connectivity index (χ1n) is 12.6. The van der Waals surface area contributed by atoms with Gasteiger partial charge in [-0.25, -0.2) is 4.98 Å². The van der Waals surface area contributed by atoms with E-state index in [1.54, 1.807) is 0 Å². The monoisotopic (exact) mass is 477 g/mol. The summed E-state index contributed by atoms with van der Waals surface area (Å²) in [5.74, 6) is 0.250. The quantitative estimate of drug-likeness (QED) is 0.252. The maximum absolute atomic E-state index is 11.8. The molecule has 0 aliphatic carbocycles. The molecule has 0 amide bonds. The molecule has 2 heteroatoms. The summed E-state index contributed by atoms with van der Waals surface area (Å²) >= 11 is 0. The molecule has 0 aliphatic rings. The van der Waals surface area contributed by atoms with Gasteiger partial charge in [-0.15, -0.1) is 0 Å². The van der Waals surface area contributed by atoms with Crippen molar-refractivity contribution < 1.29 is 5.11 Å². The number of rotatable bonds is 5. The summed E-state index contributed by atoms with van der Waals surface area (Å²) in [6.45, 7) is 2.18. The minimum Gasteiger partial charge on any atom is -0.507 e. The van der Waals surface area contributed by atoms with Crippen LogP contribution in [0.1, 0.15) is 23.6 Å². The van der Waals surface area contributed by atoms with E-state index in [9.17, 15) is 5.11 Å². The minimum absolute atomic E-state index is 0.250. The fourth-order valence-corrected chi connectivity index (χ4v) is 5.36. The first kappa shape index (κ1) is 22.8. The van der Waals surface area contributed by atoms with Gasteiger partial charge in [-0.3, -0.25) is 0 Å². The van der Waals surface area contributed by atoms with Crippen molar-refractivity contribution in [3.8, 4) is 28.3 Å². The number of benzene rings is 5. The van der Waals surface area contributed by atoms with E-state index in [0.29, 0.717) is 0 Å². The lowest BCUT2D eigenvalue weighted by Crippen LogP contribution is -2.25. The number of para-hydroxylation sites is 1. The third kappa shape index (κ3) is 3.97. The Bertz CT molecular complexity index is 1650. The molecule has 178 valence electrons. The molecule has 0 spiro atoms. The third-order valence-corrected chi connectivity index (χ3v) is 7.37. The number of hydrogen-bond acceptors (Lipinski definition) is 2. The Morgan fingerprint density at radius 1 is 0.514 bits per heavy atom. The highest BCUT2D eigenvalue weighted by atomic mass is 16.3. The average molecular weight is 478 g/mol. The first-order chi connectivity index (χ1) is 18.2. The predicted octanol–water partition coefficient (Wildman–Crippen LogP) is 8.63. The number of phenolic OH excluding ortho intramolecular Hbond substituents is 1. The van der Waals surface area contributed by atoms with E-state index in [4.69, 9.17) is 4.98 Å². The van der Waals surface area contributed by atoms with Crippen molar-refractivity contribution in [3.05, 3.63) is 156 Å². The molecule has 37 heavy (non-hydrogen) atoms. The van der Waals surface area contributed by atoms with E-state index >= 15 is 0 Å². The zero-order chi connectivity index (χ0) is 25.2. The molecule has 0 unspecified atom stereocenters. The molecule has 0 radical (unpaired) electrons. The Labute approximate surface area is 217 Å². The number of aromatic nitrogens is 1. The lowest BCUT2D eigenvalue weighted by molar-refractivity contribution is 0.459. The molecule has 5 aromatic carbocycles. The molecule has 0 fully saturated rings. The molecular formula is C35H27NO. The van der Waals surface area contributed by atoms with Crippen LogP contribution in [0.4, 0.5) is 0 Å². The van der Waals surface area contributed by atoms with Crippen LogP contribution in [0.15, 0.2) is 140 Å². The Morgan fingerprint density at radius 2 is 1.03 bits per heavy atom. The van der Waals surface area contributed by atoms with Crippen LogP contribution < -0.4 is 0 Å². The molecule has 0 atom stereocenters. The lowest BCUT2D eigenvalue weighted by Gasteiger charge is -2.33. The van der Waals surface area contributed by atoms with Gasteiger partial charge >= 0.3 is 0 Å². The fraction of sp³-hybridized carbons (Fsp3) is 0.0571. The van der Waals surface area contributed by atoms with Crippen molar-refractivity contribution in [2.45, 2.75) is 12.3 Å². The smallest absolute Gasteiger partial charge is 0.129 e. The van der Waals surface area contributed by atoms with Gasteiger partial charge < -0.3 is 5.11 Å². The number of hydrogen-bond donors (Lipinski definition) is 1. The van der Waals surface area contributed by atoms with Gasteiger partial charge in [-0.2, -0.15) is 0 Å². The Balaban J connectivity index is 1.52. The van der Waals surface area contributed by atoms with Crippen LogP contribution in [-0.4, -0.2) is 10.1 Å². The number of phenols is 1. The largest absolute Gasteiger partial charge is 0.507 e. The summed E-state index contributed by atoms with van der Waals surface area (Å²) in [5.41, 5.74) is 5.96. The highest BCUT2D eigenvalue weighted by molar-refractivity contribution is 5.96. The molecule has 0 aliphatic heterocycles. The van der Waals surface area contributed by atoms with E-state index in [0.717, 1.165) is 44.6 Å². The van der Waals surface area contributed by atoms with E-state index in [1.807, 2.05) is 72.8 Å². The Morgan fingerprint density at radius 3 is 1.73 bits per heavy atom. The van der Waals surface area contributed by atoms with Crippen molar-refractivity contribution >= 4 is 10.8 Å². The van der Waals surface area contributed by atoms with Gasteiger partial charge in [-0.1, -0.05) is 121 Å². The molecule has 6 rings (SSSR count). The maximum Gasteiger partial charge on any atom is 0.129 e. The summed E-state index contributed by atoms with van der Waals surface area (Å²) in [7, 11) is 0. The summed E-state index contributed by atoms with van der Waals surface area (Å²) in [5, 5.41) is 14.1. The van der Waals surface area contributed by atoms with Crippen LogP contribution in [0.3, 0.4) is 0 Å². The van der Waals surface area contributed by atoms with Crippen molar-refractivity contribution in [2.24, 2.45) is 0 Å². The lowest BCUT2D eigenvalue weighted by atomic mass is 9.70. The summed E-state index contributed by atoms with van der Waals surface area (Å²) in [6, 6.07) is 47.4. The van der Waals surface area contributed by atoms with Crippen LogP contribution in [0.25, 0.3) is 33.3 Å². The molecule has 1 aromatic heterocycles. The summed E-state index contributed by atoms with van der Waals surface area (Å²) < 4.78 is 0. The number of fused-ring (bicyclic) bond motifs is 1. The van der Waals surface area contributed by atoms with Crippen LogP contribution in [-0.2, 0) is 5.41 Å². The van der Waals surface area contributed by atoms with Gasteiger partial charge in [0.15, 0.2) is 0 Å². The number of aromatic hydroxyl groups is 1. The number of pyridine rings is 1. The Hall–Kier alpha value is -4.69. The molecule has 6 aromatic rings. The molecule has 1 N–H and O–H groups in total. The molecule has 0 saturated heterocycles. The fourth-order valence-electron chi connectivity index (χ4n) is 5.36. The van der Waals surface area contributed by atoms with Crippen molar-refractivity contribution in [2.75, 3.05) is 0 Å². The standard InChI is InChI=1S/C35H27NO/c1-35(26-15-4-2-5-16-26,27-17-6-3-7-18-27)31-22-11-21-30(34(31)37)33-24-12-23-32(36-33)29-20-10-14-25-13-8-9-19-28(25)29/h2-24,37H,1H3. The second-order valence-electron chi connectivity index (χ2n) is 9.49. The second kappa shape index (κ2) is 9.40. The Kier molecular flexibility index (Phi) is 5.78. The highest BCUT2D eigenvalue weighted by Crippen LogP contribution is 2.45. The third-order valence-electron chi connectivity index (χ3n) is 7.37. The molecule has 0 bridgehead atoms. The molecule has 2 nitrogen and oxygen atoms in total. The second-order valence-corrected chi connectivity index (χ2v) is 9.49. The van der Waals surface area contributed by atoms with Gasteiger partial charge in [0.25, 0.3) is 0 Å². The van der Waals surface area contributed by atoms with E-state index in [2.05, 4.69) is 73.7 Å². The van der Waals surface area contributed by atoms with Crippen molar-refractivity contribution in [3.63, 3.8) is 0 Å². The normalized spacial score (nSPS) is 11.5. The predicted molar refractivity (Wildman–Crippen MR) is 153 cm³/mol. The van der Waals surface area contributed by atoms with Gasteiger partial charge in [0.2, 0.25) is 0 Å². The SMILES string of the molecule is CC(c1ccccc1)(c1ccccc1)c1cccc(-c2cccc(-c3cccc4ccccc34)n2)c1O. The zero-order valence-corrected chi connectivity index (χ0v) is 20.7. The molecule has 0 saturated carbocycles. The van der Waals surface area contributed by atoms with Gasteiger partial charge in [-0.05, 0) is 47.0 Å². The summed E-state index contributed by atoms with van der Waals surface area (Å²) in [6.07, 6.45) is 0. The van der Waals surface area contributed by atoms with Crippen LogP contribution in [0.2, 0.25) is 0 Å². The minimum atomic E-state index is -0.546. The topological polar surface area (TPSA) is 33.1 Å². The van der Waals surface area contributed by atoms with Crippen molar-refractivity contribution in [1.29, 1.82) is 0 Å². The first-order valence-corrected chi connectivity index (χ1v) is 12.6. The maximum atomic E-state index is 11.8. The van der Waals surface area contributed by atoms with Crippen LogP contribution in [0, 0.1) is 0 Å². The van der Waals surface area contributed by atoms with E-state index < -0.39 is 5.41 Å². The van der Waals surface area contributed by atoms with Crippen LogP contribution in [0.5, 0.6) is 5.75 Å². The van der Waals surface area contributed by atoms with Gasteiger partial charge in [0, 0.05) is 22.1 Å².